The van der Waals surface area contributed by atoms with Crippen LogP contribution >= 0.6 is 0 Å². The molecule has 0 fully saturated rings. The molecule has 1 rings (SSSR count). The van der Waals surface area contributed by atoms with Crippen molar-refractivity contribution in [2.45, 2.75) is 13.1 Å². The summed E-state index contributed by atoms with van der Waals surface area (Å²) in [5.41, 5.74) is 6.23. The molecule has 0 saturated carbocycles. The molecule has 1 aromatic rings. The van der Waals surface area contributed by atoms with Crippen molar-refractivity contribution in [3.63, 3.8) is 0 Å². The van der Waals surface area contributed by atoms with Crippen molar-refractivity contribution in [3.05, 3.63) is 23.8 Å². The van der Waals surface area contributed by atoms with E-state index in [9.17, 15) is 18.0 Å². The van der Waals surface area contributed by atoms with Crippen LogP contribution in [0.25, 0.3) is 0 Å². The number of ketones is 1. The molecule has 0 amide bonds. The average Bonchev–Trinajstić information content (AvgIpc) is 2.28. The first-order valence-electron chi connectivity index (χ1n) is 5.47. The third kappa shape index (κ3) is 5.60. The average molecular weight is 277 g/mol. The predicted molar refractivity (Wildman–Crippen MR) is 63.2 cm³/mol. The molecule has 0 aliphatic carbocycles. The fourth-order valence-electron chi connectivity index (χ4n) is 1.35. The van der Waals surface area contributed by atoms with Crippen LogP contribution in [0.1, 0.15) is 17.3 Å². The summed E-state index contributed by atoms with van der Waals surface area (Å²) in [4.78, 5) is 11.3. The first-order chi connectivity index (χ1) is 8.79. The number of anilines is 1. The summed E-state index contributed by atoms with van der Waals surface area (Å²) in [7, 11) is 0. The lowest BCUT2D eigenvalue weighted by atomic mass is 10.1. The number of carbonyl (C=O) groups is 1. The molecule has 0 saturated heterocycles. The first-order valence-corrected chi connectivity index (χ1v) is 5.47. The quantitative estimate of drug-likeness (QED) is 0.493. The highest BCUT2D eigenvalue weighted by Gasteiger charge is 2.27. The fraction of sp³-hybridized carbons (Fsp3) is 0.417. The monoisotopic (exact) mass is 277 g/mol. The van der Waals surface area contributed by atoms with Gasteiger partial charge < -0.3 is 15.2 Å². The topological polar surface area (TPSA) is 61.6 Å². The Labute approximate surface area is 108 Å². The van der Waals surface area contributed by atoms with Gasteiger partial charge in [-0.1, -0.05) is 0 Å². The maximum Gasteiger partial charge on any atom is 0.411 e. The number of nitrogens with two attached hydrogens (primary N) is 1. The molecule has 0 unspecified atom stereocenters. The molecule has 1 aromatic carbocycles. The van der Waals surface area contributed by atoms with E-state index in [2.05, 4.69) is 4.74 Å². The van der Waals surface area contributed by atoms with E-state index >= 15 is 0 Å². The number of hydrogen-bond acceptors (Lipinski definition) is 4. The van der Waals surface area contributed by atoms with Crippen LogP contribution in [0.2, 0.25) is 0 Å². The van der Waals surface area contributed by atoms with E-state index in [1.54, 1.807) is 6.07 Å². The minimum atomic E-state index is -4.36. The number of benzene rings is 1. The van der Waals surface area contributed by atoms with Crippen molar-refractivity contribution in [2.24, 2.45) is 0 Å². The zero-order valence-electron chi connectivity index (χ0n) is 10.3. The van der Waals surface area contributed by atoms with Crippen LogP contribution in [0.3, 0.4) is 0 Å². The van der Waals surface area contributed by atoms with Gasteiger partial charge in [-0.2, -0.15) is 13.2 Å². The van der Waals surface area contributed by atoms with Crippen LogP contribution in [0.4, 0.5) is 18.9 Å². The van der Waals surface area contributed by atoms with Gasteiger partial charge >= 0.3 is 6.18 Å². The van der Waals surface area contributed by atoms with Crippen LogP contribution in [-0.4, -0.2) is 31.8 Å². The van der Waals surface area contributed by atoms with Gasteiger partial charge in [0.2, 0.25) is 0 Å². The Bertz CT molecular complexity index is 446. The molecular formula is C12H14F3NO3. The molecule has 0 spiro atoms. The molecule has 0 heterocycles. The minimum absolute atomic E-state index is 0.0831. The van der Waals surface area contributed by atoms with E-state index in [-0.39, 0.29) is 30.3 Å². The highest BCUT2D eigenvalue weighted by atomic mass is 19.4. The molecule has 0 radical (unpaired) electrons. The Morgan fingerprint density at radius 3 is 2.58 bits per heavy atom. The highest BCUT2D eigenvalue weighted by Crippen LogP contribution is 2.22. The second-order valence-corrected chi connectivity index (χ2v) is 3.83. The summed E-state index contributed by atoms with van der Waals surface area (Å²) in [6.45, 7) is -0.277. The van der Waals surface area contributed by atoms with Gasteiger partial charge in [0.1, 0.15) is 19.0 Å². The van der Waals surface area contributed by atoms with Gasteiger partial charge in [0.15, 0.2) is 5.78 Å². The van der Waals surface area contributed by atoms with Gasteiger partial charge in [0.05, 0.1) is 12.2 Å². The lowest BCUT2D eigenvalue weighted by Crippen LogP contribution is -2.19. The van der Waals surface area contributed by atoms with Gasteiger partial charge in [0.25, 0.3) is 0 Å². The number of Topliss-reactive ketones (excluding diaryl/α,β-unsaturated/α-hetero) is 1. The minimum Gasteiger partial charge on any atom is -0.490 e. The van der Waals surface area contributed by atoms with Gasteiger partial charge in [-0.15, -0.1) is 0 Å². The molecule has 2 N–H and O–H groups in total. The molecule has 4 nitrogen and oxygen atoms in total. The molecule has 0 bridgehead atoms. The van der Waals surface area contributed by atoms with E-state index in [1.807, 2.05) is 0 Å². The van der Waals surface area contributed by atoms with Crippen LogP contribution in [0, 0.1) is 0 Å². The SMILES string of the molecule is CC(=O)c1cc(N)ccc1OCCOCC(F)(F)F. The third-order valence-corrected chi connectivity index (χ3v) is 2.13. The smallest absolute Gasteiger partial charge is 0.411 e. The summed E-state index contributed by atoms with van der Waals surface area (Å²) < 4.78 is 45.0. The zero-order chi connectivity index (χ0) is 14.5. The van der Waals surface area contributed by atoms with Gasteiger partial charge in [0, 0.05) is 5.69 Å². The van der Waals surface area contributed by atoms with E-state index in [0.717, 1.165) is 0 Å². The molecule has 0 atom stereocenters. The van der Waals surface area contributed by atoms with Crippen molar-refractivity contribution in [2.75, 3.05) is 25.6 Å². The Balaban J connectivity index is 2.47. The van der Waals surface area contributed by atoms with Crippen molar-refractivity contribution in [3.8, 4) is 5.75 Å². The molecule has 19 heavy (non-hydrogen) atoms. The number of rotatable bonds is 6. The van der Waals surface area contributed by atoms with E-state index in [4.69, 9.17) is 10.5 Å². The molecule has 7 heteroatoms. The van der Waals surface area contributed by atoms with Gasteiger partial charge in [-0.3, -0.25) is 4.79 Å². The first kappa shape index (κ1) is 15.3. The summed E-state index contributed by atoms with van der Waals surface area (Å²) in [5.74, 6) is 0.0378. The third-order valence-electron chi connectivity index (χ3n) is 2.13. The van der Waals surface area contributed by atoms with Crippen LogP contribution in [-0.2, 0) is 4.74 Å². The zero-order valence-corrected chi connectivity index (χ0v) is 10.3. The summed E-state index contributed by atoms with van der Waals surface area (Å²) >= 11 is 0. The summed E-state index contributed by atoms with van der Waals surface area (Å²) in [5, 5.41) is 0. The fourth-order valence-corrected chi connectivity index (χ4v) is 1.35. The Hall–Kier alpha value is -1.76. The van der Waals surface area contributed by atoms with Crippen LogP contribution in [0.15, 0.2) is 18.2 Å². The maximum atomic E-state index is 11.8. The Morgan fingerprint density at radius 1 is 1.32 bits per heavy atom. The standard InChI is InChI=1S/C12H14F3NO3/c1-8(17)10-6-9(16)2-3-11(10)19-5-4-18-7-12(13,14)15/h2-3,6H,4-5,7,16H2,1H3. The number of nitrogen functional groups attached to an aromatic ring is 1. The Morgan fingerprint density at radius 2 is 2.00 bits per heavy atom. The number of halogens is 3. The normalized spacial score (nSPS) is 11.4. The second kappa shape index (κ2) is 6.42. The number of alkyl halides is 3. The lowest BCUT2D eigenvalue weighted by molar-refractivity contribution is -0.175. The van der Waals surface area contributed by atoms with E-state index < -0.39 is 12.8 Å². The summed E-state index contributed by atoms with van der Waals surface area (Å²) in [6.07, 6.45) is -4.36. The molecule has 0 aromatic heterocycles. The van der Waals surface area contributed by atoms with Crippen molar-refractivity contribution in [1.29, 1.82) is 0 Å². The highest BCUT2D eigenvalue weighted by molar-refractivity contribution is 5.97. The van der Waals surface area contributed by atoms with Crippen molar-refractivity contribution in [1.82, 2.24) is 0 Å². The van der Waals surface area contributed by atoms with Gasteiger partial charge in [-0.05, 0) is 25.1 Å². The van der Waals surface area contributed by atoms with Crippen LogP contribution < -0.4 is 10.5 Å². The lowest BCUT2D eigenvalue weighted by Gasteiger charge is -2.11. The van der Waals surface area contributed by atoms with Crippen molar-refractivity contribution < 1.29 is 27.4 Å². The molecular weight excluding hydrogens is 263 g/mol. The molecule has 106 valence electrons. The van der Waals surface area contributed by atoms with Crippen LogP contribution in [0.5, 0.6) is 5.75 Å². The maximum absolute atomic E-state index is 11.8. The number of hydrogen-bond donors (Lipinski definition) is 1. The van der Waals surface area contributed by atoms with Gasteiger partial charge in [-0.25, -0.2) is 0 Å². The van der Waals surface area contributed by atoms with E-state index in [1.165, 1.54) is 19.1 Å². The molecule has 0 aliphatic rings. The second-order valence-electron chi connectivity index (χ2n) is 3.83. The largest absolute Gasteiger partial charge is 0.490 e. The Kier molecular flexibility index (Phi) is 5.17. The predicted octanol–water partition coefficient (Wildman–Crippen LogP) is 2.43. The summed E-state index contributed by atoms with van der Waals surface area (Å²) in [6, 6.07) is 4.49. The van der Waals surface area contributed by atoms with E-state index in [0.29, 0.717) is 5.69 Å². The molecule has 0 aliphatic heterocycles. The number of ether oxygens (including phenoxy) is 2. The van der Waals surface area contributed by atoms with Crippen molar-refractivity contribution >= 4 is 11.5 Å². The number of carbonyl (C=O) groups excluding carboxylic acids is 1.